The van der Waals surface area contributed by atoms with Gasteiger partial charge in [0.1, 0.15) is 0 Å². The molecular formula is C23H24N2O3. The van der Waals surface area contributed by atoms with E-state index in [4.69, 9.17) is 0 Å². The van der Waals surface area contributed by atoms with Crippen molar-refractivity contribution in [1.82, 2.24) is 9.80 Å². The number of nitrogens with zero attached hydrogens (tertiary/aromatic N) is 2. The van der Waals surface area contributed by atoms with Gasteiger partial charge in [0.2, 0.25) is 0 Å². The molecule has 28 heavy (non-hydrogen) atoms. The van der Waals surface area contributed by atoms with Crippen molar-refractivity contribution in [3.05, 3.63) is 70.8 Å². The minimum atomic E-state index is -0.334. The van der Waals surface area contributed by atoms with Crippen molar-refractivity contribution in [2.24, 2.45) is 0 Å². The normalized spacial score (nSPS) is 17.0. The van der Waals surface area contributed by atoms with Gasteiger partial charge in [0, 0.05) is 18.7 Å². The first-order valence-corrected chi connectivity index (χ1v) is 9.87. The number of hydrogen-bond acceptors (Lipinski definition) is 3. The summed E-state index contributed by atoms with van der Waals surface area (Å²) in [5.74, 6) is -0.723. The van der Waals surface area contributed by atoms with Crippen molar-refractivity contribution >= 4 is 17.7 Å². The quantitative estimate of drug-likeness (QED) is 0.761. The molecule has 0 aromatic heterocycles. The standard InChI is InChI=1S/C23H24N2O3/c1-24(18-10-6-3-7-11-18)21(26)17-12-13-19-20(14-17)23(28)25(22(19)27)15-16-8-4-2-5-9-16/h2,4-5,8-9,12-14,18H,3,6-7,10-11,15H2,1H3. The largest absolute Gasteiger partial charge is 0.339 e. The van der Waals surface area contributed by atoms with Crippen molar-refractivity contribution in [3.63, 3.8) is 0 Å². The molecule has 0 radical (unpaired) electrons. The molecule has 1 heterocycles. The maximum Gasteiger partial charge on any atom is 0.261 e. The van der Waals surface area contributed by atoms with Crippen LogP contribution in [-0.2, 0) is 6.54 Å². The lowest BCUT2D eigenvalue weighted by Gasteiger charge is -2.31. The van der Waals surface area contributed by atoms with E-state index < -0.39 is 0 Å². The average Bonchev–Trinajstić information content (AvgIpc) is 2.98. The molecule has 3 amide bonds. The Bertz CT molecular complexity index is 917. The lowest BCUT2D eigenvalue weighted by atomic mass is 9.94. The maximum absolute atomic E-state index is 12.9. The molecule has 5 heteroatoms. The molecule has 2 aromatic rings. The summed E-state index contributed by atoms with van der Waals surface area (Å²) in [6, 6.07) is 14.5. The van der Waals surface area contributed by atoms with Crippen LogP contribution in [0.2, 0.25) is 0 Å². The van der Waals surface area contributed by atoms with Crippen molar-refractivity contribution in [2.75, 3.05) is 7.05 Å². The van der Waals surface area contributed by atoms with Crippen molar-refractivity contribution in [1.29, 1.82) is 0 Å². The Kier molecular flexibility index (Phi) is 4.99. The minimum Gasteiger partial charge on any atom is -0.339 e. The Labute approximate surface area is 164 Å². The van der Waals surface area contributed by atoms with Gasteiger partial charge < -0.3 is 4.90 Å². The number of benzene rings is 2. The molecule has 0 unspecified atom stereocenters. The highest BCUT2D eigenvalue weighted by atomic mass is 16.2. The van der Waals surface area contributed by atoms with E-state index in [1.54, 1.807) is 23.1 Å². The Hall–Kier alpha value is -2.95. The molecule has 1 saturated carbocycles. The van der Waals surface area contributed by atoms with Gasteiger partial charge in [0.15, 0.2) is 0 Å². The topological polar surface area (TPSA) is 57.7 Å². The number of rotatable bonds is 4. The zero-order chi connectivity index (χ0) is 19.7. The van der Waals surface area contributed by atoms with E-state index >= 15 is 0 Å². The monoisotopic (exact) mass is 376 g/mol. The average molecular weight is 376 g/mol. The third kappa shape index (κ3) is 3.33. The number of carbonyl (C=O) groups excluding carboxylic acids is 3. The Morgan fingerprint density at radius 2 is 1.64 bits per heavy atom. The summed E-state index contributed by atoms with van der Waals surface area (Å²) in [6.45, 7) is 0.235. The number of hydrogen-bond donors (Lipinski definition) is 0. The van der Waals surface area contributed by atoms with Gasteiger partial charge in [-0.3, -0.25) is 19.3 Å². The molecule has 0 saturated heterocycles. The molecule has 2 aliphatic rings. The van der Waals surface area contributed by atoms with Gasteiger partial charge in [-0.15, -0.1) is 0 Å². The van der Waals surface area contributed by atoms with Crippen molar-refractivity contribution in [2.45, 2.75) is 44.7 Å². The summed E-state index contributed by atoms with van der Waals surface area (Å²) < 4.78 is 0. The van der Waals surface area contributed by atoms with Crippen LogP contribution in [0.4, 0.5) is 0 Å². The molecule has 5 nitrogen and oxygen atoms in total. The van der Waals surface area contributed by atoms with E-state index in [2.05, 4.69) is 0 Å². The van der Waals surface area contributed by atoms with Crippen molar-refractivity contribution in [3.8, 4) is 0 Å². The smallest absolute Gasteiger partial charge is 0.261 e. The first-order valence-electron chi connectivity index (χ1n) is 9.87. The number of amides is 3. The van der Waals surface area contributed by atoms with Crippen LogP contribution in [0.15, 0.2) is 48.5 Å². The van der Waals surface area contributed by atoms with Gasteiger partial charge in [-0.05, 0) is 36.6 Å². The summed E-state index contributed by atoms with van der Waals surface area (Å²) >= 11 is 0. The lowest BCUT2D eigenvalue weighted by Crippen LogP contribution is -2.38. The highest BCUT2D eigenvalue weighted by Gasteiger charge is 2.36. The van der Waals surface area contributed by atoms with Crippen LogP contribution in [0, 0.1) is 0 Å². The molecule has 0 atom stereocenters. The molecule has 1 aliphatic heterocycles. The van der Waals surface area contributed by atoms with Gasteiger partial charge in [-0.2, -0.15) is 0 Å². The fourth-order valence-electron chi connectivity index (χ4n) is 4.17. The number of fused-ring (bicyclic) bond motifs is 1. The summed E-state index contributed by atoms with van der Waals surface area (Å²) in [7, 11) is 1.83. The first kappa shape index (κ1) is 18.4. The molecule has 4 rings (SSSR count). The highest BCUT2D eigenvalue weighted by Crippen LogP contribution is 2.27. The van der Waals surface area contributed by atoms with E-state index in [1.165, 1.54) is 11.3 Å². The van der Waals surface area contributed by atoms with Gasteiger partial charge in [-0.1, -0.05) is 49.6 Å². The van der Waals surface area contributed by atoms with Gasteiger partial charge >= 0.3 is 0 Å². The molecule has 1 aliphatic carbocycles. The Morgan fingerprint density at radius 3 is 2.36 bits per heavy atom. The van der Waals surface area contributed by atoms with Gasteiger partial charge in [-0.25, -0.2) is 0 Å². The molecular weight excluding hydrogens is 352 g/mol. The molecule has 0 N–H and O–H groups in total. The SMILES string of the molecule is CN(C(=O)c1ccc2c(c1)C(=O)N(Cc1ccccc1)C2=O)C1CCCCC1. The predicted octanol–water partition coefficient (Wildman–Crippen LogP) is 3.89. The summed E-state index contributed by atoms with van der Waals surface area (Å²) in [6.07, 6.45) is 5.57. The third-order valence-corrected chi connectivity index (χ3v) is 5.84. The van der Waals surface area contributed by atoms with Crippen LogP contribution < -0.4 is 0 Å². The van der Waals surface area contributed by atoms with Crippen LogP contribution in [-0.4, -0.2) is 40.6 Å². The maximum atomic E-state index is 12.9. The zero-order valence-electron chi connectivity index (χ0n) is 16.1. The fourth-order valence-corrected chi connectivity index (χ4v) is 4.17. The van der Waals surface area contributed by atoms with Gasteiger partial charge in [0.25, 0.3) is 17.7 Å². The zero-order valence-corrected chi connectivity index (χ0v) is 16.1. The number of carbonyl (C=O) groups is 3. The highest BCUT2D eigenvalue weighted by molar-refractivity contribution is 6.22. The van der Waals surface area contributed by atoms with Crippen LogP contribution >= 0.6 is 0 Å². The van der Waals surface area contributed by atoms with E-state index in [-0.39, 0.29) is 30.3 Å². The van der Waals surface area contributed by atoms with Crippen LogP contribution in [0.1, 0.15) is 68.7 Å². The molecule has 2 aromatic carbocycles. The Morgan fingerprint density at radius 1 is 0.964 bits per heavy atom. The fraction of sp³-hybridized carbons (Fsp3) is 0.348. The van der Waals surface area contributed by atoms with Crippen molar-refractivity contribution < 1.29 is 14.4 Å². The molecule has 144 valence electrons. The van der Waals surface area contributed by atoms with E-state index in [0.717, 1.165) is 31.2 Å². The molecule has 1 fully saturated rings. The molecule has 0 bridgehead atoms. The minimum absolute atomic E-state index is 0.0866. The second-order valence-corrected chi connectivity index (χ2v) is 7.65. The third-order valence-electron chi connectivity index (χ3n) is 5.84. The van der Waals surface area contributed by atoms with Crippen LogP contribution in [0.5, 0.6) is 0 Å². The van der Waals surface area contributed by atoms with Crippen LogP contribution in [0.3, 0.4) is 0 Å². The predicted molar refractivity (Wildman–Crippen MR) is 106 cm³/mol. The van der Waals surface area contributed by atoms with E-state index in [1.807, 2.05) is 37.4 Å². The van der Waals surface area contributed by atoms with E-state index in [0.29, 0.717) is 16.7 Å². The van der Waals surface area contributed by atoms with Crippen LogP contribution in [0.25, 0.3) is 0 Å². The summed E-state index contributed by atoms with van der Waals surface area (Å²) in [5.41, 5.74) is 2.06. The lowest BCUT2D eigenvalue weighted by molar-refractivity contribution is 0.0641. The van der Waals surface area contributed by atoms with E-state index in [9.17, 15) is 14.4 Å². The Balaban J connectivity index is 1.55. The summed E-state index contributed by atoms with van der Waals surface area (Å²) in [5, 5.41) is 0. The second kappa shape index (κ2) is 7.58. The second-order valence-electron chi connectivity index (χ2n) is 7.65. The first-order chi connectivity index (χ1) is 13.6. The van der Waals surface area contributed by atoms with Gasteiger partial charge in [0.05, 0.1) is 17.7 Å². The molecule has 0 spiro atoms. The summed E-state index contributed by atoms with van der Waals surface area (Å²) in [4.78, 5) is 41.5. The number of imide groups is 1.